The van der Waals surface area contributed by atoms with Gasteiger partial charge >= 0.3 is 6.03 Å². The minimum Gasteiger partial charge on any atom is -0.308 e. The second-order valence-corrected chi connectivity index (χ2v) is 7.45. The topological polar surface area (TPSA) is 75.5 Å². The Kier molecular flexibility index (Phi) is 4.68. The summed E-state index contributed by atoms with van der Waals surface area (Å²) in [7, 11) is 0. The molecule has 0 saturated carbocycles. The second kappa shape index (κ2) is 7.28. The van der Waals surface area contributed by atoms with Crippen molar-refractivity contribution < 1.29 is 9.72 Å². The van der Waals surface area contributed by atoms with E-state index in [-0.39, 0.29) is 17.1 Å². The first-order valence-corrected chi connectivity index (χ1v) is 9.59. The maximum atomic E-state index is 12.8. The molecule has 1 aliphatic rings. The third-order valence-corrected chi connectivity index (χ3v) is 5.80. The molecule has 4 rings (SSSR count). The quantitative estimate of drug-likeness (QED) is 0.512. The van der Waals surface area contributed by atoms with Crippen molar-refractivity contribution in [1.29, 1.82) is 0 Å². The van der Waals surface area contributed by atoms with Crippen molar-refractivity contribution >= 4 is 39.9 Å². The number of rotatable bonds is 3. The zero-order chi connectivity index (χ0) is 18.8. The molecule has 1 fully saturated rings. The highest BCUT2D eigenvalue weighted by Gasteiger charge is 2.31. The van der Waals surface area contributed by atoms with Crippen LogP contribution in [0.5, 0.6) is 0 Å². The summed E-state index contributed by atoms with van der Waals surface area (Å²) in [5.41, 5.74) is 1.68. The minimum atomic E-state index is -0.421. The SMILES string of the molecule is O=C(Nc1ccc2ccccc2c1)N1CCSC1c1ccc([N+](=O)[O-])cc1. The summed E-state index contributed by atoms with van der Waals surface area (Å²) >= 11 is 1.65. The van der Waals surface area contributed by atoms with Crippen LogP contribution in [-0.4, -0.2) is 28.2 Å². The summed E-state index contributed by atoms with van der Waals surface area (Å²) in [5, 5.41) is 15.8. The third-order valence-electron chi connectivity index (χ3n) is 4.54. The molecule has 0 radical (unpaired) electrons. The zero-order valence-corrected chi connectivity index (χ0v) is 15.2. The van der Waals surface area contributed by atoms with Gasteiger partial charge in [-0.25, -0.2) is 4.79 Å². The first-order valence-electron chi connectivity index (χ1n) is 8.54. The molecule has 1 aliphatic heterocycles. The molecule has 7 heteroatoms. The Morgan fingerprint density at radius 3 is 2.56 bits per heavy atom. The molecule has 1 saturated heterocycles. The molecule has 1 heterocycles. The molecule has 136 valence electrons. The predicted molar refractivity (Wildman–Crippen MR) is 108 cm³/mol. The molecule has 0 spiro atoms. The summed E-state index contributed by atoms with van der Waals surface area (Å²) < 4.78 is 0. The van der Waals surface area contributed by atoms with Crippen LogP contribution in [0.25, 0.3) is 10.8 Å². The van der Waals surface area contributed by atoms with E-state index < -0.39 is 4.92 Å². The van der Waals surface area contributed by atoms with Gasteiger partial charge in [0.1, 0.15) is 5.37 Å². The fraction of sp³-hybridized carbons (Fsp3) is 0.150. The molecule has 1 atom stereocenters. The number of urea groups is 1. The van der Waals surface area contributed by atoms with Gasteiger partial charge in [-0.3, -0.25) is 10.1 Å². The van der Waals surface area contributed by atoms with E-state index in [0.29, 0.717) is 6.54 Å². The molecule has 2 amide bonds. The first kappa shape index (κ1) is 17.4. The number of nitrogens with zero attached hydrogens (tertiary/aromatic N) is 2. The van der Waals surface area contributed by atoms with Crippen molar-refractivity contribution in [3.8, 4) is 0 Å². The molecule has 0 bridgehead atoms. The number of fused-ring (bicyclic) bond motifs is 1. The molecule has 3 aromatic rings. The van der Waals surface area contributed by atoms with E-state index in [1.165, 1.54) is 12.1 Å². The van der Waals surface area contributed by atoms with Gasteiger partial charge < -0.3 is 10.2 Å². The van der Waals surface area contributed by atoms with Crippen LogP contribution in [0.2, 0.25) is 0 Å². The van der Waals surface area contributed by atoms with Crippen molar-refractivity contribution in [1.82, 2.24) is 4.90 Å². The zero-order valence-electron chi connectivity index (χ0n) is 14.4. The van der Waals surface area contributed by atoms with Gasteiger partial charge in [0, 0.05) is 30.1 Å². The summed E-state index contributed by atoms with van der Waals surface area (Å²) in [6.07, 6.45) is 0. The van der Waals surface area contributed by atoms with Gasteiger partial charge in [0.15, 0.2) is 0 Å². The summed E-state index contributed by atoms with van der Waals surface area (Å²) in [5.74, 6) is 0.826. The van der Waals surface area contributed by atoms with Crippen LogP contribution in [0.15, 0.2) is 66.7 Å². The number of non-ortho nitro benzene ring substituents is 1. The summed E-state index contributed by atoms with van der Waals surface area (Å²) in [6.45, 7) is 0.631. The number of nitro benzene ring substituents is 1. The number of carbonyl (C=O) groups excluding carboxylic acids is 1. The number of hydrogen-bond acceptors (Lipinski definition) is 4. The molecule has 1 unspecified atom stereocenters. The maximum absolute atomic E-state index is 12.8. The average Bonchev–Trinajstić information content (AvgIpc) is 3.18. The lowest BCUT2D eigenvalue weighted by atomic mass is 10.1. The van der Waals surface area contributed by atoms with Gasteiger partial charge in [-0.2, -0.15) is 0 Å². The average molecular weight is 379 g/mol. The Morgan fingerprint density at radius 2 is 1.81 bits per heavy atom. The molecular formula is C20H17N3O3S. The fourth-order valence-corrected chi connectivity index (χ4v) is 4.43. The van der Waals surface area contributed by atoms with Gasteiger partial charge in [-0.05, 0) is 40.6 Å². The van der Waals surface area contributed by atoms with E-state index in [9.17, 15) is 14.9 Å². The number of amides is 2. The van der Waals surface area contributed by atoms with Crippen molar-refractivity contribution in [3.05, 3.63) is 82.4 Å². The molecule has 6 nitrogen and oxygen atoms in total. The van der Waals surface area contributed by atoms with E-state index in [0.717, 1.165) is 27.8 Å². The Hall–Kier alpha value is -3.06. The van der Waals surface area contributed by atoms with Crippen molar-refractivity contribution in [2.24, 2.45) is 0 Å². The molecule has 3 aromatic carbocycles. The molecule has 0 aromatic heterocycles. The number of nitrogens with one attached hydrogen (secondary N) is 1. The molecule has 0 aliphatic carbocycles. The van der Waals surface area contributed by atoms with Gasteiger partial charge in [-0.1, -0.05) is 30.3 Å². The van der Waals surface area contributed by atoms with Gasteiger partial charge in [0.25, 0.3) is 5.69 Å². The number of carbonyl (C=O) groups is 1. The molecule has 27 heavy (non-hydrogen) atoms. The van der Waals surface area contributed by atoms with Gasteiger partial charge in [-0.15, -0.1) is 11.8 Å². The number of benzene rings is 3. The van der Waals surface area contributed by atoms with E-state index >= 15 is 0 Å². The van der Waals surface area contributed by atoms with Crippen LogP contribution < -0.4 is 5.32 Å². The van der Waals surface area contributed by atoms with Crippen LogP contribution in [-0.2, 0) is 0 Å². The van der Waals surface area contributed by atoms with E-state index in [1.807, 2.05) is 42.5 Å². The highest BCUT2D eigenvalue weighted by molar-refractivity contribution is 7.99. The number of hydrogen-bond donors (Lipinski definition) is 1. The summed E-state index contributed by atoms with van der Waals surface area (Å²) in [4.78, 5) is 25.0. The van der Waals surface area contributed by atoms with Crippen molar-refractivity contribution in [2.75, 3.05) is 17.6 Å². The van der Waals surface area contributed by atoms with Crippen LogP contribution in [0.4, 0.5) is 16.2 Å². The predicted octanol–water partition coefficient (Wildman–Crippen LogP) is 5.03. The van der Waals surface area contributed by atoms with Crippen molar-refractivity contribution in [3.63, 3.8) is 0 Å². The van der Waals surface area contributed by atoms with Crippen LogP contribution in [0, 0.1) is 10.1 Å². The Bertz CT molecular complexity index is 1010. The van der Waals surface area contributed by atoms with E-state index in [1.54, 1.807) is 28.8 Å². The maximum Gasteiger partial charge on any atom is 0.323 e. The second-order valence-electron chi connectivity index (χ2n) is 6.26. The largest absolute Gasteiger partial charge is 0.323 e. The van der Waals surface area contributed by atoms with Gasteiger partial charge in [0.2, 0.25) is 0 Å². The molecule has 1 N–H and O–H groups in total. The summed E-state index contributed by atoms with van der Waals surface area (Å²) in [6, 6.07) is 20.1. The highest BCUT2D eigenvalue weighted by Crippen LogP contribution is 2.38. The Labute approximate surface area is 160 Å². The Morgan fingerprint density at radius 1 is 1.07 bits per heavy atom. The minimum absolute atomic E-state index is 0.0499. The third kappa shape index (κ3) is 3.59. The smallest absolute Gasteiger partial charge is 0.308 e. The lowest BCUT2D eigenvalue weighted by Crippen LogP contribution is -2.34. The first-order chi connectivity index (χ1) is 13.1. The normalized spacial score (nSPS) is 16.4. The lowest BCUT2D eigenvalue weighted by Gasteiger charge is -2.24. The highest BCUT2D eigenvalue weighted by atomic mass is 32.2. The fourth-order valence-electron chi connectivity index (χ4n) is 3.18. The van der Waals surface area contributed by atoms with Gasteiger partial charge in [0.05, 0.1) is 4.92 Å². The van der Waals surface area contributed by atoms with Crippen LogP contribution in [0.3, 0.4) is 0 Å². The number of thioether (sulfide) groups is 1. The van der Waals surface area contributed by atoms with Crippen LogP contribution >= 0.6 is 11.8 Å². The standard InChI is InChI=1S/C20H17N3O3S/c24-20(21-17-8-5-14-3-1-2-4-16(14)13-17)22-11-12-27-19(22)15-6-9-18(10-7-15)23(25)26/h1-10,13,19H,11-12H2,(H,21,24). The number of nitro groups is 1. The Balaban J connectivity index is 1.52. The lowest BCUT2D eigenvalue weighted by molar-refractivity contribution is -0.384. The van der Waals surface area contributed by atoms with Crippen molar-refractivity contribution in [2.45, 2.75) is 5.37 Å². The molecular weight excluding hydrogens is 362 g/mol. The number of anilines is 1. The monoisotopic (exact) mass is 379 g/mol. The van der Waals surface area contributed by atoms with E-state index in [2.05, 4.69) is 5.32 Å². The van der Waals surface area contributed by atoms with E-state index in [4.69, 9.17) is 0 Å². The van der Waals surface area contributed by atoms with Crippen LogP contribution in [0.1, 0.15) is 10.9 Å².